The molecule has 1 aromatic rings. The summed E-state index contributed by atoms with van der Waals surface area (Å²) in [5.74, 6) is -1.06. The van der Waals surface area contributed by atoms with Gasteiger partial charge in [0.15, 0.2) is 5.69 Å². The topological polar surface area (TPSA) is 96.3 Å². The summed E-state index contributed by atoms with van der Waals surface area (Å²) in [6.07, 6.45) is 3.74. The van der Waals surface area contributed by atoms with E-state index in [0.717, 1.165) is 6.42 Å². The standard InChI is InChI=1S/C10H16N4O3/c1-2-3-11-10(17)12-4-5-14-6-8(9(15)16)13-7-14/h6-7H,2-5H2,1H3,(H,15,16)(H2,11,12,17). The number of carbonyl (C=O) groups excluding carboxylic acids is 1. The zero-order valence-electron chi connectivity index (χ0n) is 9.64. The summed E-state index contributed by atoms with van der Waals surface area (Å²) < 4.78 is 1.61. The molecule has 7 nitrogen and oxygen atoms in total. The Labute approximate surface area is 98.8 Å². The van der Waals surface area contributed by atoms with Gasteiger partial charge in [-0.1, -0.05) is 6.92 Å². The van der Waals surface area contributed by atoms with Crippen molar-refractivity contribution in [3.8, 4) is 0 Å². The number of nitrogens with zero attached hydrogens (tertiary/aromatic N) is 2. The minimum Gasteiger partial charge on any atom is -0.476 e. The van der Waals surface area contributed by atoms with Gasteiger partial charge in [-0.25, -0.2) is 14.6 Å². The fraction of sp³-hybridized carbons (Fsp3) is 0.500. The van der Waals surface area contributed by atoms with Gasteiger partial charge in [-0.15, -0.1) is 0 Å². The molecule has 1 heterocycles. The quantitative estimate of drug-likeness (QED) is 0.666. The summed E-state index contributed by atoms with van der Waals surface area (Å²) in [5.41, 5.74) is 0.000402. The first-order chi connectivity index (χ1) is 8.13. The van der Waals surface area contributed by atoms with Gasteiger partial charge >= 0.3 is 12.0 Å². The number of carboxylic acid groups (broad SMARTS) is 1. The maximum atomic E-state index is 11.2. The first-order valence-electron chi connectivity index (χ1n) is 5.40. The molecule has 2 amide bonds. The van der Waals surface area contributed by atoms with E-state index in [-0.39, 0.29) is 11.7 Å². The second-order valence-electron chi connectivity index (χ2n) is 3.48. The van der Waals surface area contributed by atoms with Crippen molar-refractivity contribution in [2.75, 3.05) is 13.1 Å². The van der Waals surface area contributed by atoms with Crippen LogP contribution in [0, 0.1) is 0 Å². The maximum Gasteiger partial charge on any atom is 0.356 e. The number of aromatic nitrogens is 2. The molecule has 17 heavy (non-hydrogen) atoms. The van der Waals surface area contributed by atoms with Gasteiger partial charge in [-0.05, 0) is 6.42 Å². The average molecular weight is 240 g/mol. The highest BCUT2D eigenvalue weighted by Gasteiger charge is 2.06. The molecular weight excluding hydrogens is 224 g/mol. The number of aromatic carboxylic acids is 1. The highest BCUT2D eigenvalue weighted by atomic mass is 16.4. The van der Waals surface area contributed by atoms with Crippen LogP contribution >= 0.6 is 0 Å². The molecule has 0 aliphatic rings. The highest BCUT2D eigenvalue weighted by molar-refractivity contribution is 5.84. The van der Waals surface area contributed by atoms with E-state index in [4.69, 9.17) is 5.11 Å². The Morgan fingerprint density at radius 2 is 2.12 bits per heavy atom. The van der Waals surface area contributed by atoms with Crippen LogP contribution in [0.2, 0.25) is 0 Å². The molecule has 0 saturated heterocycles. The smallest absolute Gasteiger partial charge is 0.356 e. The molecule has 0 saturated carbocycles. The minimum atomic E-state index is -1.06. The van der Waals surface area contributed by atoms with Crippen molar-refractivity contribution in [3.63, 3.8) is 0 Å². The van der Waals surface area contributed by atoms with E-state index in [1.165, 1.54) is 12.5 Å². The maximum absolute atomic E-state index is 11.2. The summed E-state index contributed by atoms with van der Waals surface area (Å²) in [6.45, 7) is 3.52. The fourth-order valence-electron chi connectivity index (χ4n) is 1.19. The van der Waals surface area contributed by atoms with Crippen LogP contribution in [-0.4, -0.2) is 39.7 Å². The Balaban J connectivity index is 2.26. The van der Waals surface area contributed by atoms with E-state index in [9.17, 15) is 9.59 Å². The first kappa shape index (κ1) is 13.0. The average Bonchev–Trinajstić information content (AvgIpc) is 2.75. The van der Waals surface area contributed by atoms with Crippen LogP contribution in [0.1, 0.15) is 23.8 Å². The second kappa shape index (κ2) is 6.51. The van der Waals surface area contributed by atoms with Crippen LogP contribution in [0.25, 0.3) is 0 Å². The summed E-state index contributed by atoms with van der Waals surface area (Å²) in [7, 11) is 0. The number of hydrogen-bond acceptors (Lipinski definition) is 3. The van der Waals surface area contributed by atoms with Crippen LogP contribution in [-0.2, 0) is 6.54 Å². The van der Waals surface area contributed by atoms with Gasteiger partial charge in [0.05, 0.1) is 6.33 Å². The van der Waals surface area contributed by atoms with Gasteiger partial charge in [0, 0.05) is 25.8 Å². The van der Waals surface area contributed by atoms with Crippen molar-refractivity contribution in [1.29, 1.82) is 0 Å². The molecule has 7 heteroatoms. The first-order valence-corrected chi connectivity index (χ1v) is 5.40. The largest absolute Gasteiger partial charge is 0.476 e. The number of nitrogens with one attached hydrogen (secondary N) is 2. The van der Waals surface area contributed by atoms with Gasteiger partial charge in [0.25, 0.3) is 0 Å². The number of amides is 2. The molecule has 0 spiro atoms. The lowest BCUT2D eigenvalue weighted by Gasteiger charge is -2.06. The molecule has 94 valence electrons. The lowest BCUT2D eigenvalue weighted by atomic mass is 10.5. The number of carbonyl (C=O) groups is 2. The zero-order chi connectivity index (χ0) is 12.7. The number of hydrogen-bond donors (Lipinski definition) is 3. The summed E-state index contributed by atoms with van der Waals surface area (Å²) in [6, 6.07) is -0.217. The number of rotatable bonds is 6. The molecule has 0 aliphatic carbocycles. The van der Waals surface area contributed by atoms with Crippen molar-refractivity contribution in [2.24, 2.45) is 0 Å². The SMILES string of the molecule is CCCNC(=O)NCCn1cnc(C(=O)O)c1. The van der Waals surface area contributed by atoms with E-state index in [2.05, 4.69) is 15.6 Å². The van der Waals surface area contributed by atoms with E-state index < -0.39 is 5.97 Å². The van der Waals surface area contributed by atoms with E-state index >= 15 is 0 Å². The normalized spacial score (nSPS) is 9.94. The van der Waals surface area contributed by atoms with Crippen LogP contribution in [0.15, 0.2) is 12.5 Å². The third kappa shape index (κ3) is 4.54. The van der Waals surface area contributed by atoms with E-state index in [1.54, 1.807) is 4.57 Å². The van der Waals surface area contributed by atoms with Gasteiger partial charge in [0.1, 0.15) is 0 Å². The van der Waals surface area contributed by atoms with Crippen molar-refractivity contribution in [2.45, 2.75) is 19.9 Å². The lowest BCUT2D eigenvalue weighted by Crippen LogP contribution is -2.37. The molecule has 0 radical (unpaired) electrons. The van der Waals surface area contributed by atoms with Crippen LogP contribution in [0.4, 0.5) is 4.79 Å². The summed E-state index contributed by atoms with van der Waals surface area (Å²) >= 11 is 0. The van der Waals surface area contributed by atoms with E-state index in [0.29, 0.717) is 19.6 Å². The van der Waals surface area contributed by atoms with Crippen molar-refractivity contribution < 1.29 is 14.7 Å². The second-order valence-corrected chi connectivity index (χ2v) is 3.48. The molecule has 0 aliphatic heterocycles. The Morgan fingerprint density at radius 3 is 2.71 bits per heavy atom. The third-order valence-electron chi connectivity index (χ3n) is 2.04. The molecule has 0 aromatic carbocycles. The molecule has 1 rings (SSSR count). The number of carboxylic acids is 1. The minimum absolute atomic E-state index is 0.000402. The highest BCUT2D eigenvalue weighted by Crippen LogP contribution is 1.95. The van der Waals surface area contributed by atoms with Crippen molar-refractivity contribution >= 4 is 12.0 Å². The molecule has 3 N–H and O–H groups in total. The number of imidazole rings is 1. The third-order valence-corrected chi connectivity index (χ3v) is 2.04. The fourth-order valence-corrected chi connectivity index (χ4v) is 1.19. The Hall–Kier alpha value is -2.05. The van der Waals surface area contributed by atoms with Crippen molar-refractivity contribution in [1.82, 2.24) is 20.2 Å². The molecule has 0 atom stereocenters. The van der Waals surface area contributed by atoms with Crippen LogP contribution in [0.5, 0.6) is 0 Å². The van der Waals surface area contributed by atoms with Gasteiger partial charge in [-0.3, -0.25) is 0 Å². The number of urea groups is 1. The Morgan fingerprint density at radius 1 is 1.41 bits per heavy atom. The van der Waals surface area contributed by atoms with Gasteiger partial charge in [-0.2, -0.15) is 0 Å². The Kier molecular flexibility index (Phi) is 4.99. The van der Waals surface area contributed by atoms with Crippen molar-refractivity contribution in [3.05, 3.63) is 18.2 Å². The molecule has 0 unspecified atom stereocenters. The van der Waals surface area contributed by atoms with Crippen LogP contribution in [0.3, 0.4) is 0 Å². The molecule has 0 bridgehead atoms. The predicted molar refractivity (Wildman–Crippen MR) is 60.9 cm³/mol. The summed E-state index contributed by atoms with van der Waals surface area (Å²) in [4.78, 5) is 25.4. The summed E-state index contributed by atoms with van der Waals surface area (Å²) in [5, 5.41) is 14.0. The molecular formula is C10H16N4O3. The zero-order valence-corrected chi connectivity index (χ0v) is 9.64. The van der Waals surface area contributed by atoms with Crippen LogP contribution < -0.4 is 10.6 Å². The van der Waals surface area contributed by atoms with Gasteiger partial charge in [0.2, 0.25) is 0 Å². The Bertz CT molecular complexity index is 389. The predicted octanol–water partition coefficient (Wildman–Crippen LogP) is 0.290. The van der Waals surface area contributed by atoms with E-state index in [1.807, 2.05) is 6.92 Å². The van der Waals surface area contributed by atoms with Gasteiger partial charge < -0.3 is 20.3 Å². The molecule has 1 aromatic heterocycles. The monoisotopic (exact) mass is 240 g/mol. The molecule has 0 fully saturated rings. The lowest BCUT2D eigenvalue weighted by molar-refractivity contribution is 0.0691.